The SMILES string of the molecule is CC(C)CNC(=O)C1CC(=O)N(CC2CCCO2)C1. The fourth-order valence-corrected chi connectivity index (χ4v) is 2.61. The predicted octanol–water partition coefficient (Wildman–Crippen LogP) is 0.786. The number of likely N-dealkylation sites (tertiary alicyclic amines) is 1. The lowest BCUT2D eigenvalue weighted by molar-refractivity contribution is -0.129. The Hall–Kier alpha value is -1.10. The van der Waals surface area contributed by atoms with E-state index >= 15 is 0 Å². The number of amides is 2. The number of ether oxygens (including phenoxy) is 1. The van der Waals surface area contributed by atoms with Crippen molar-refractivity contribution >= 4 is 11.8 Å². The maximum Gasteiger partial charge on any atom is 0.225 e. The van der Waals surface area contributed by atoms with Crippen molar-refractivity contribution in [3.63, 3.8) is 0 Å². The van der Waals surface area contributed by atoms with Crippen LogP contribution in [0.1, 0.15) is 33.1 Å². The van der Waals surface area contributed by atoms with Crippen molar-refractivity contribution in [1.82, 2.24) is 10.2 Å². The topological polar surface area (TPSA) is 58.6 Å². The van der Waals surface area contributed by atoms with Crippen LogP contribution in [0.2, 0.25) is 0 Å². The van der Waals surface area contributed by atoms with Gasteiger partial charge in [0.25, 0.3) is 0 Å². The Bertz CT molecular complexity index is 338. The van der Waals surface area contributed by atoms with Crippen LogP contribution in [0.3, 0.4) is 0 Å². The summed E-state index contributed by atoms with van der Waals surface area (Å²) in [6.45, 7) is 6.78. The average Bonchev–Trinajstić information content (AvgIpc) is 2.98. The van der Waals surface area contributed by atoms with Gasteiger partial charge in [-0.3, -0.25) is 9.59 Å². The van der Waals surface area contributed by atoms with E-state index < -0.39 is 0 Å². The fraction of sp³-hybridized carbons (Fsp3) is 0.857. The van der Waals surface area contributed by atoms with E-state index in [-0.39, 0.29) is 23.8 Å². The molecule has 0 spiro atoms. The third-order valence-electron chi connectivity index (χ3n) is 3.72. The van der Waals surface area contributed by atoms with Gasteiger partial charge in [0, 0.05) is 32.7 Å². The summed E-state index contributed by atoms with van der Waals surface area (Å²) in [6, 6.07) is 0. The molecule has 0 aliphatic carbocycles. The van der Waals surface area contributed by atoms with Gasteiger partial charge in [0.1, 0.15) is 0 Å². The van der Waals surface area contributed by atoms with Gasteiger partial charge in [0.15, 0.2) is 0 Å². The Morgan fingerprint density at radius 3 is 2.95 bits per heavy atom. The molecule has 0 bridgehead atoms. The first kappa shape index (κ1) is 14.3. The van der Waals surface area contributed by atoms with Crippen molar-refractivity contribution in [2.75, 3.05) is 26.2 Å². The molecule has 5 nitrogen and oxygen atoms in total. The first-order valence-electron chi connectivity index (χ1n) is 7.23. The second kappa shape index (κ2) is 6.37. The number of hydrogen-bond acceptors (Lipinski definition) is 3. The molecule has 2 heterocycles. The van der Waals surface area contributed by atoms with Crippen molar-refractivity contribution in [3.05, 3.63) is 0 Å². The van der Waals surface area contributed by atoms with Crippen LogP contribution in [0.4, 0.5) is 0 Å². The molecule has 2 unspecified atom stereocenters. The van der Waals surface area contributed by atoms with Crippen molar-refractivity contribution in [2.45, 2.75) is 39.2 Å². The number of nitrogens with zero attached hydrogens (tertiary/aromatic N) is 1. The van der Waals surface area contributed by atoms with Crippen LogP contribution >= 0.6 is 0 Å². The average molecular weight is 268 g/mol. The number of hydrogen-bond donors (Lipinski definition) is 1. The molecular weight excluding hydrogens is 244 g/mol. The van der Waals surface area contributed by atoms with E-state index in [0.717, 1.165) is 19.4 Å². The summed E-state index contributed by atoms with van der Waals surface area (Å²) in [7, 11) is 0. The minimum absolute atomic E-state index is 0.0110. The summed E-state index contributed by atoms with van der Waals surface area (Å²) in [5.41, 5.74) is 0. The maximum absolute atomic E-state index is 12.0. The first-order valence-corrected chi connectivity index (χ1v) is 7.23. The van der Waals surface area contributed by atoms with Gasteiger partial charge in [-0.05, 0) is 18.8 Å². The largest absolute Gasteiger partial charge is 0.376 e. The number of carbonyl (C=O) groups excluding carboxylic acids is 2. The molecule has 19 heavy (non-hydrogen) atoms. The van der Waals surface area contributed by atoms with Gasteiger partial charge in [0.2, 0.25) is 11.8 Å². The molecule has 0 aromatic heterocycles. The van der Waals surface area contributed by atoms with Crippen LogP contribution < -0.4 is 5.32 Å². The molecule has 0 aromatic carbocycles. The highest BCUT2D eigenvalue weighted by atomic mass is 16.5. The van der Waals surface area contributed by atoms with Crippen LogP contribution in [-0.2, 0) is 14.3 Å². The van der Waals surface area contributed by atoms with Gasteiger partial charge < -0.3 is 15.0 Å². The highest BCUT2D eigenvalue weighted by Gasteiger charge is 2.35. The molecular formula is C14H24N2O3. The molecule has 2 aliphatic heterocycles. The standard InChI is InChI=1S/C14H24N2O3/c1-10(2)7-15-14(18)11-6-13(17)16(8-11)9-12-4-3-5-19-12/h10-12H,3-9H2,1-2H3,(H,15,18). The van der Waals surface area contributed by atoms with E-state index in [9.17, 15) is 9.59 Å². The Kier molecular flexibility index (Phi) is 4.80. The van der Waals surface area contributed by atoms with Gasteiger partial charge in [-0.15, -0.1) is 0 Å². The van der Waals surface area contributed by atoms with Crippen LogP contribution in [0.25, 0.3) is 0 Å². The third kappa shape index (κ3) is 3.93. The van der Waals surface area contributed by atoms with E-state index in [1.807, 2.05) is 0 Å². The van der Waals surface area contributed by atoms with Crippen LogP contribution in [0.5, 0.6) is 0 Å². The molecule has 0 aromatic rings. The van der Waals surface area contributed by atoms with E-state index in [1.54, 1.807) is 4.90 Å². The zero-order valence-electron chi connectivity index (χ0n) is 11.9. The molecule has 2 rings (SSSR count). The lowest BCUT2D eigenvalue weighted by Gasteiger charge is -2.20. The molecule has 2 aliphatic rings. The zero-order valence-corrected chi connectivity index (χ0v) is 11.9. The van der Waals surface area contributed by atoms with Gasteiger partial charge in [-0.1, -0.05) is 13.8 Å². The highest BCUT2D eigenvalue weighted by Crippen LogP contribution is 2.21. The van der Waals surface area contributed by atoms with E-state index in [1.165, 1.54) is 0 Å². The minimum Gasteiger partial charge on any atom is -0.376 e. The van der Waals surface area contributed by atoms with Crippen molar-refractivity contribution in [3.8, 4) is 0 Å². The van der Waals surface area contributed by atoms with Crippen molar-refractivity contribution in [2.24, 2.45) is 11.8 Å². The summed E-state index contributed by atoms with van der Waals surface area (Å²) in [4.78, 5) is 25.6. The smallest absolute Gasteiger partial charge is 0.225 e. The lowest BCUT2D eigenvalue weighted by atomic mass is 10.1. The van der Waals surface area contributed by atoms with Crippen LogP contribution in [0.15, 0.2) is 0 Å². The molecule has 1 N–H and O–H groups in total. The predicted molar refractivity (Wildman–Crippen MR) is 71.5 cm³/mol. The molecule has 0 radical (unpaired) electrons. The molecule has 2 fully saturated rings. The van der Waals surface area contributed by atoms with E-state index in [4.69, 9.17) is 4.74 Å². The summed E-state index contributed by atoms with van der Waals surface area (Å²) in [6.07, 6.45) is 2.61. The minimum atomic E-state index is -0.187. The maximum atomic E-state index is 12.0. The Morgan fingerprint density at radius 1 is 1.53 bits per heavy atom. The molecule has 2 amide bonds. The van der Waals surface area contributed by atoms with Crippen molar-refractivity contribution < 1.29 is 14.3 Å². The Labute approximate surface area is 114 Å². The number of carbonyl (C=O) groups is 2. The van der Waals surface area contributed by atoms with Crippen molar-refractivity contribution in [1.29, 1.82) is 0 Å². The molecule has 0 saturated carbocycles. The van der Waals surface area contributed by atoms with Gasteiger partial charge in [-0.2, -0.15) is 0 Å². The fourth-order valence-electron chi connectivity index (χ4n) is 2.61. The zero-order chi connectivity index (χ0) is 13.8. The van der Waals surface area contributed by atoms with Crippen LogP contribution in [0, 0.1) is 11.8 Å². The molecule has 2 saturated heterocycles. The monoisotopic (exact) mass is 268 g/mol. The first-order chi connectivity index (χ1) is 9.06. The molecule has 108 valence electrons. The van der Waals surface area contributed by atoms with E-state index in [2.05, 4.69) is 19.2 Å². The quantitative estimate of drug-likeness (QED) is 0.802. The van der Waals surface area contributed by atoms with Gasteiger partial charge in [-0.25, -0.2) is 0 Å². The second-order valence-electron chi connectivity index (χ2n) is 5.97. The molecule has 5 heteroatoms. The van der Waals surface area contributed by atoms with Gasteiger partial charge >= 0.3 is 0 Å². The second-order valence-corrected chi connectivity index (χ2v) is 5.97. The summed E-state index contributed by atoms with van der Waals surface area (Å²) >= 11 is 0. The Morgan fingerprint density at radius 2 is 2.32 bits per heavy atom. The summed E-state index contributed by atoms with van der Waals surface area (Å²) < 4.78 is 5.54. The normalized spacial score (nSPS) is 27.3. The van der Waals surface area contributed by atoms with Gasteiger partial charge in [0.05, 0.1) is 12.0 Å². The highest BCUT2D eigenvalue weighted by molar-refractivity contribution is 5.89. The van der Waals surface area contributed by atoms with Crippen LogP contribution in [-0.4, -0.2) is 49.1 Å². The summed E-state index contributed by atoms with van der Waals surface area (Å²) in [5.74, 6) is 0.341. The third-order valence-corrected chi connectivity index (χ3v) is 3.72. The van der Waals surface area contributed by atoms with E-state index in [0.29, 0.717) is 32.0 Å². The number of nitrogens with one attached hydrogen (secondary N) is 1. The lowest BCUT2D eigenvalue weighted by Crippen LogP contribution is -2.37. The summed E-state index contributed by atoms with van der Waals surface area (Å²) in [5, 5.41) is 2.91. The Balaban J connectivity index is 1.79. The number of rotatable bonds is 5. The molecule has 2 atom stereocenters.